The fourth-order valence-corrected chi connectivity index (χ4v) is 12.4. The minimum atomic E-state index is -0.549. The van der Waals surface area contributed by atoms with Gasteiger partial charge in [0.05, 0.1) is 22.1 Å². The number of benzene rings is 10. The Morgan fingerprint density at radius 2 is 0.632 bits per heavy atom. The van der Waals surface area contributed by atoms with Gasteiger partial charge in [0.25, 0.3) is 0 Å². The first kappa shape index (κ1) is 37.6. The van der Waals surface area contributed by atoms with E-state index in [4.69, 9.17) is 8.83 Å². The molecule has 4 nitrogen and oxygen atoms in total. The van der Waals surface area contributed by atoms with Gasteiger partial charge in [-0.05, 0) is 132 Å². The van der Waals surface area contributed by atoms with Gasteiger partial charge in [0.15, 0.2) is 0 Å². The Morgan fingerprint density at radius 1 is 0.279 bits per heavy atom. The average molecular weight is 871 g/mol. The molecule has 0 N–H and O–H groups in total. The first-order chi connectivity index (χ1) is 33.5. The van der Waals surface area contributed by atoms with E-state index in [2.05, 4.69) is 229 Å². The van der Waals surface area contributed by atoms with Gasteiger partial charge in [-0.25, -0.2) is 0 Å². The van der Waals surface area contributed by atoms with Crippen LogP contribution in [0.3, 0.4) is 0 Å². The standard InChI is InChI=1S/C64H42N2O2/c1-63(39-17-5-3-6-18-39)51-35-47-43-21-9-13-25-55(43)66(42-30-32-62-50(34-42)46-24-12-16-28-60(46)68-62)58(47)38-54(51)64(2,40-19-7-4-8-20-40)52-36-48-44-22-10-14-26-56(44)65(57(48)37-53(52)63)41-29-31-61-49(33-41)45-23-11-15-27-59(45)67-61/h3-38H,1-2H3. The van der Waals surface area contributed by atoms with Crippen LogP contribution in [-0.4, -0.2) is 9.13 Å². The Labute approximate surface area is 391 Å². The third-order valence-corrected chi connectivity index (χ3v) is 15.7. The molecule has 4 aromatic heterocycles. The van der Waals surface area contributed by atoms with Gasteiger partial charge in [-0.3, -0.25) is 0 Å². The molecule has 1 aliphatic carbocycles. The quantitative estimate of drug-likeness (QED) is 0.177. The van der Waals surface area contributed by atoms with E-state index in [1.165, 1.54) is 77.0 Å². The van der Waals surface area contributed by atoms with E-state index in [9.17, 15) is 0 Å². The molecule has 2 unspecified atom stereocenters. The first-order valence-corrected chi connectivity index (χ1v) is 23.6. The van der Waals surface area contributed by atoms with Crippen molar-refractivity contribution in [2.45, 2.75) is 24.7 Å². The molecule has 0 bridgehead atoms. The zero-order chi connectivity index (χ0) is 44.9. The van der Waals surface area contributed by atoms with Crippen LogP contribution in [0.15, 0.2) is 227 Å². The molecule has 4 heterocycles. The van der Waals surface area contributed by atoms with Crippen LogP contribution in [0.4, 0.5) is 0 Å². The lowest BCUT2D eigenvalue weighted by atomic mass is 9.54. The molecule has 4 heteroatoms. The van der Waals surface area contributed by atoms with Crippen molar-refractivity contribution in [2.24, 2.45) is 0 Å². The molecule has 0 radical (unpaired) electrons. The molecule has 0 amide bonds. The Balaban J connectivity index is 1.07. The van der Waals surface area contributed by atoms with E-state index in [1.54, 1.807) is 0 Å². The summed E-state index contributed by atoms with van der Waals surface area (Å²) in [6.07, 6.45) is 0. The number of aromatic nitrogens is 2. The van der Waals surface area contributed by atoms with Crippen molar-refractivity contribution in [3.05, 3.63) is 252 Å². The van der Waals surface area contributed by atoms with Crippen LogP contribution in [0.25, 0.3) is 98.9 Å². The van der Waals surface area contributed by atoms with Crippen LogP contribution in [-0.2, 0) is 10.8 Å². The third kappa shape index (κ3) is 4.88. The van der Waals surface area contributed by atoms with Crippen LogP contribution >= 0.6 is 0 Å². The minimum Gasteiger partial charge on any atom is -0.456 e. The summed E-state index contributed by atoms with van der Waals surface area (Å²) in [5.41, 5.74) is 17.1. The van der Waals surface area contributed by atoms with Crippen molar-refractivity contribution in [3.8, 4) is 11.4 Å². The van der Waals surface area contributed by atoms with E-state index in [1.807, 2.05) is 12.1 Å². The number of nitrogens with zero attached hydrogens (tertiary/aromatic N) is 2. The molecule has 0 fully saturated rings. The number of furan rings is 2. The van der Waals surface area contributed by atoms with Crippen molar-refractivity contribution < 1.29 is 8.83 Å². The molecule has 320 valence electrons. The zero-order valence-electron chi connectivity index (χ0n) is 37.5. The summed E-state index contributed by atoms with van der Waals surface area (Å²) in [5.74, 6) is 0. The maximum Gasteiger partial charge on any atom is 0.135 e. The number of hydrogen-bond acceptors (Lipinski definition) is 2. The Kier molecular flexibility index (Phi) is 7.46. The largest absolute Gasteiger partial charge is 0.456 e. The van der Waals surface area contributed by atoms with Crippen LogP contribution in [0, 0.1) is 0 Å². The molecular formula is C64H42N2O2. The molecule has 0 saturated heterocycles. The number of hydrogen-bond donors (Lipinski definition) is 0. The summed E-state index contributed by atoms with van der Waals surface area (Å²) in [6.45, 7) is 4.94. The molecule has 0 aliphatic heterocycles. The second-order valence-electron chi connectivity index (χ2n) is 19.1. The van der Waals surface area contributed by atoms with Crippen LogP contribution in [0.5, 0.6) is 0 Å². The minimum absolute atomic E-state index is 0.549. The second kappa shape index (κ2) is 13.5. The third-order valence-electron chi connectivity index (χ3n) is 15.7. The van der Waals surface area contributed by atoms with Gasteiger partial charge in [-0.2, -0.15) is 0 Å². The summed E-state index contributed by atoms with van der Waals surface area (Å²) in [4.78, 5) is 0. The predicted octanol–water partition coefficient (Wildman–Crippen LogP) is 16.7. The molecule has 0 spiro atoms. The van der Waals surface area contributed by atoms with Crippen molar-refractivity contribution >= 4 is 87.5 Å². The SMILES string of the molecule is CC1(c2ccccc2)c2cc3c4ccccc4n(-c4ccc5oc6ccccc6c5c4)c3cc2C(C)(c2ccccc2)c2cc3c4ccccc4n(-c4ccc5oc6ccccc6c5c4)c3cc21. The van der Waals surface area contributed by atoms with E-state index in [-0.39, 0.29) is 0 Å². The molecule has 14 aromatic rings. The highest BCUT2D eigenvalue weighted by atomic mass is 16.3. The monoisotopic (exact) mass is 870 g/mol. The van der Waals surface area contributed by atoms with Crippen molar-refractivity contribution in [1.29, 1.82) is 0 Å². The van der Waals surface area contributed by atoms with Crippen LogP contribution < -0.4 is 0 Å². The maximum absolute atomic E-state index is 6.35. The van der Waals surface area contributed by atoms with Gasteiger partial charge in [0.1, 0.15) is 22.3 Å². The predicted molar refractivity (Wildman–Crippen MR) is 280 cm³/mol. The molecule has 1 aliphatic rings. The van der Waals surface area contributed by atoms with E-state index < -0.39 is 10.8 Å². The van der Waals surface area contributed by atoms with Gasteiger partial charge in [0.2, 0.25) is 0 Å². The van der Waals surface area contributed by atoms with E-state index >= 15 is 0 Å². The highest BCUT2D eigenvalue weighted by Crippen LogP contribution is 2.58. The van der Waals surface area contributed by atoms with Crippen molar-refractivity contribution in [1.82, 2.24) is 9.13 Å². The molecule has 15 rings (SSSR count). The van der Waals surface area contributed by atoms with Crippen LogP contribution in [0.2, 0.25) is 0 Å². The highest BCUT2D eigenvalue weighted by Gasteiger charge is 2.49. The topological polar surface area (TPSA) is 36.1 Å². The number of fused-ring (bicyclic) bond motifs is 14. The summed E-state index contributed by atoms with van der Waals surface area (Å²) < 4.78 is 17.6. The van der Waals surface area contributed by atoms with Crippen molar-refractivity contribution in [3.63, 3.8) is 0 Å². The lowest BCUT2D eigenvalue weighted by Gasteiger charge is -2.48. The first-order valence-electron chi connectivity index (χ1n) is 23.6. The van der Waals surface area contributed by atoms with Gasteiger partial charge in [-0.1, -0.05) is 133 Å². The van der Waals surface area contributed by atoms with Gasteiger partial charge in [0, 0.05) is 65.3 Å². The number of para-hydroxylation sites is 4. The molecule has 2 atom stereocenters. The molecule has 0 saturated carbocycles. The second-order valence-corrected chi connectivity index (χ2v) is 19.1. The average Bonchev–Trinajstić information content (AvgIpc) is 4.14. The maximum atomic E-state index is 6.35. The molecule has 10 aromatic carbocycles. The normalized spacial score (nSPS) is 17.1. The van der Waals surface area contributed by atoms with Gasteiger partial charge in [-0.15, -0.1) is 0 Å². The Hall–Kier alpha value is -8.60. The summed E-state index contributed by atoms with van der Waals surface area (Å²) in [6, 6.07) is 80.4. The number of rotatable bonds is 4. The van der Waals surface area contributed by atoms with E-state index in [0.717, 1.165) is 55.3 Å². The fourth-order valence-electron chi connectivity index (χ4n) is 12.4. The van der Waals surface area contributed by atoms with Crippen LogP contribution in [0.1, 0.15) is 47.2 Å². The Morgan fingerprint density at radius 3 is 1.07 bits per heavy atom. The summed E-state index contributed by atoms with van der Waals surface area (Å²) in [7, 11) is 0. The smallest absolute Gasteiger partial charge is 0.135 e. The summed E-state index contributed by atoms with van der Waals surface area (Å²) in [5, 5.41) is 9.38. The van der Waals surface area contributed by atoms with Gasteiger partial charge < -0.3 is 18.0 Å². The Bertz CT molecular complexity index is 4130. The lowest BCUT2D eigenvalue weighted by molar-refractivity contribution is 0.570. The summed E-state index contributed by atoms with van der Waals surface area (Å²) >= 11 is 0. The highest BCUT2D eigenvalue weighted by molar-refractivity contribution is 6.13. The van der Waals surface area contributed by atoms with E-state index in [0.29, 0.717) is 0 Å². The zero-order valence-corrected chi connectivity index (χ0v) is 37.5. The molecule has 68 heavy (non-hydrogen) atoms. The van der Waals surface area contributed by atoms with Crippen molar-refractivity contribution in [2.75, 3.05) is 0 Å². The lowest BCUT2D eigenvalue weighted by Crippen LogP contribution is -2.41. The fraction of sp³-hybridized carbons (Fsp3) is 0.0625. The van der Waals surface area contributed by atoms with Gasteiger partial charge >= 0.3 is 0 Å². The molecular weight excluding hydrogens is 829 g/mol.